The Morgan fingerprint density at radius 1 is 0.875 bits per heavy atom. The number of rotatable bonds is 0. The SMILES string of the molecule is [Si]C1CCCCC1[Si]. The van der Waals surface area contributed by atoms with Crippen LogP contribution in [0.1, 0.15) is 25.7 Å². The fraction of sp³-hybridized carbons (Fsp3) is 1.00. The van der Waals surface area contributed by atoms with E-state index >= 15 is 0 Å². The van der Waals surface area contributed by atoms with Crippen molar-refractivity contribution in [2.75, 3.05) is 0 Å². The molecule has 1 rings (SSSR count). The average Bonchev–Trinajstić information content (AvgIpc) is 1.77. The second-order valence-corrected chi connectivity index (χ2v) is 3.98. The smallest absolute Gasteiger partial charge is 0.0265 e. The van der Waals surface area contributed by atoms with E-state index in [0.717, 1.165) is 11.1 Å². The molecule has 42 valence electrons. The first-order valence-corrected chi connectivity index (χ1v) is 4.38. The van der Waals surface area contributed by atoms with Crippen LogP contribution in [0.3, 0.4) is 0 Å². The number of hydrogen-bond donors (Lipinski definition) is 0. The quantitative estimate of drug-likeness (QED) is 0.445. The first kappa shape index (κ1) is 6.55. The largest absolute Gasteiger partial charge is 0.0536 e. The predicted octanol–water partition coefficient (Wildman–Crippen LogP) is 1.47. The van der Waals surface area contributed by atoms with Crippen LogP contribution in [-0.2, 0) is 0 Å². The molecule has 0 spiro atoms. The van der Waals surface area contributed by atoms with Gasteiger partial charge in [0, 0.05) is 20.5 Å². The summed E-state index contributed by atoms with van der Waals surface area (Å²) in [7, 11) is 7.30. The highest BCUT2D eigenvalue weighted by Gasteiger charge is 2.15. The van der Waals surface area contributed by atoms with E-state index in [-0.39, 0.29) is 0 Å². The van der Waals surface area contributed by atoms with E-state index in [1.54, 1.807) is 0 Å². The summed E-state index contributed by atoms with van der Waals surface area (Å²) >= 11 is 0. The predicted molar refractivity (Wildman–Crippen MR) is 37.5 cm³/mol. The third-order valence-corrected chi connectivity index (χ3v) is 3.48. The average molecular weight is 138 g/mol. The van der Waals surface area contributed by atoms with E-state index < -0.39 is 0 Å². The van der Waals surface area contributed by atoms with E-state index in [9.17, 15) is 0 Å². The van der Waals surface area contributed by atoms with Gasteiger partial charge in [-0.3, -0.25) is 0 Å². The summed E-state index contributed by atoms with van der Waals surface area (Å²) in [5, 5.41) is 0. The Bertz CT molecular complexity index is 62.9. The van der Waals surface area contributed by atoms with Crippen molar-refractivity contribution in [2.45, 2.75) is 36.8 Å². The van der Waals surface area contributed by atoms with Gasteiger partial charge in [-0.15, -0.1) is 0 Å². The fourth-order valence-corrected chi connectivity index (χ4v) is 1.87. The van der Waals surface area contributed by atoms with E-state index in [1.165, 1.54) is 25.7 Å². The summed E-state index contributed by atoms with van der Waals surface area (Å²) < 4.78 is 0. The van der Waals surface area contributed by atoms with Crippen LogP contribution in [0.5, 0.6) is 0 Å². The zero-order valence-electron chi connectivity index (χ0n) is 4.98. The lowest BCUT2D eigenvalue weighted by Gasteiger charge is -2.24. The molecule has 0 aromatic heterocycles. The highest BCUT2D eigenvalue weighted by atomic mass is 28.2. The van der Waals surface area contributed by atoms with Crippen LogP contribution < -0.4 is 0 Å². The van der Waals surface area contributed by atoms with Crippen molar-refractivity contribution in [2.24, 2.45) is 0 Å². The maximum absolute atomic E-state index is 3.65. The molecule has 0 amide bonds. The molecule has 6 radical (unpaired) electrons. The molecule has 0 heterocycles. The minimum absolute atomic E-state index is 0.723. The Morgan fingerprint density at radius 2 is 1.25 bits per heavy atom. The Morgan fingerprint density at radius 3 is 1.50 bits per heavy atom. The van der Waals surface area contributed by atoms with Crippen LogP contribution in [0.15, 0.2) is 0 Å². The van der Waals surface area contributed by atoms with E-state index in [2.05, 4.69) is 20.5 Å². The van der Waals surface area contributed by atoms with Crippen molar-refractivity contribution < 1.29 is 0 Å². The van der Waals surface area contributed by atoms with Gasteiger partial charge in [0.2, 0.25) is 0 Å². The normalized spacial score (nSPS) is 39.8. The van der Waals surface area contributed by atoms with Crippen molar-refractivity contribution in [3.05, 3.63) is 0 Å². The zero-order chi connectivity index (χ0) is 5.98. The molecule has 0 nitrogen and oxygen atoms in total. The van der Waals surface area contributed by atoms with Gasteiger partial charge < -0.3 is 0 Å². The lowest BCUT2D eigenvalue weighted by Crippen LogP contribution is -2.08. The fourth-order valence-electron chi connectivity index (χ4n) is 1.13. The van der Waals surface area contributed by atoms with Gasteiger partial charge in [-0.25, -0.2) is 0 Å². The van der Waals surface area contributed by atoms with Gasteiger partial charge in [-0.05, 0) is 0 Å². The molecule has 2 unspecified atom stereocenters. The van der Waals surface area contributed by atoms with Gasteiger partial charge in [0.25, 0.3) is 0 Å². The molecule has 2 atom stereocenters. The van der Waals surface area contributed by atoms with Gasteiger partial charge in [-0.2, -0.15) is 0 Å². The first-order valence-electron chi connectivity index (χ1n) is 3.23. The molecule has 0 N–H and O–H groups in total. The molecule has 0 saturated heterocycles. The molecule has 1 fully saturated rings. The van der Waals surface area contributed by atoms with Gasteiger partial charge in [0.1, 0.15) is 0 Å². The van der Waals surface area contributed by atoms with Crippen LogP contribution in [0.4, 0.5) is 0 Å². The summed E-state index contributed by atoms with van der Waals surface area (Å²) in [6.07, 6.45) is 5.47. The molecule has 1 aliphatic rings. The lowest BCUT2D eigenvalue weighted by molar-refractivity contribution is 0.504. The van der Waals surface area contributed by atoms with Crippen molar-refractivity contribution in [1.29, 1.82) is 0 Å². The lowest BCUT2D eigenvalue weighted by atomic mass is 9.99. The second kappa shape index (κ2) is 2.83. The van der Waals surface area contributed by atoms with E-state index in [1.807, 2.05) is 0 Å². The Balaban J connectivity index is 2.28. The monoisotopic (exact) mass is 138 g/mol. The highest BCUT2D eigenvalue weighted by Crippen LogP contribution is 2.33. The van der Waals surface area contributed by atoms with Crippen LogP contribution >= 0.6 is 0 Å². The third kappa shape index (κ3) is 1.45. The molecular weight excluding hydrogens is 128 g/mol. The molecule has 1 aliphatic carbocycles. The van der Waals surface area contributed by atoms with Crippen LogP contribution in [0, 0.1) is 0 Å². The summed E-state index contributed by atoms with van der Waals surface area (Å²) in [5.41, 5.74) is 1.45. The second-order valence-electron chi connectivity index (χ2n) is 2.50. The number of hydrogen-bond acceptors (Lipinski definition) is 0. The molecule has 0 aromatic carbocycles. The van der Waals surface area contributed by atoms with Gasteiger partial charge in [0.05, 0.1) is 0 Å². The Hall–Kier alpha value is 0.434. The van der Waals surface area contributed by atoms with Crippen molar-refractivity contribution in [3.8, 4) is 0 Å². The van der Waals surface area contributed by atoms with Crippen LogP contribution in [0.25, 0.3) is 0 Å². The van der Waals surface area contributed by atoms with Gasteiger partial charge in [-0.1, -0.05) is 36.8 Å². The summed E-state index contributed by atoms with van der Waals surface area (Å²) in [5.74, 6) is 0. The minimum Gasteiger partial charge on any atom is -0.0536 e. The third-order valence-electron chi connectivity index (χ3n) is 1.77. The van der Waals surface area contributed by atoms with Crippen LogP contribution in [0.2, 0.25) is 11.1 Å². The maximum Gasteiger partial charge on any atom is 0.0265 e. The molecule has 0 aromatic rings. The van der Waals surface area contributed by atoms with E-state index in [0.29, 0.717) is 0 Å². The molecule has 0 aliphatic heterocycles. The molecule has 2 heteroatoms. The maximum atomic E-state index is 3.65. The molecular formula is C6H10Si2. The summed E-state index contributed by atoms with van der Waals surface area (Å²) in [6, 6.07) is 0. The standard InChI is InChI=1S/C6H10Si2/c7-5-3-1-2-4-6(5)8/h5-6H,1-4H2. The van der Waals surface area contributed by atoms with Gasteiger partial charge in [0.15, 0.2) is 0 Å². The minimum atomic E-state index is 0.723. The first-order chi connectivity index (χ1) is 3.80. The summed E-state index contributed by atoms with van der Waals surface area (Å²) in [6.45, 7) is 0. The molecule has 8 heavy (non-hydrogen) atoms. The topological polar surface area (TPSA) is 0 Å². The zero-order valence-corrected chi connectivity index (χ0v) is 6.98. The van der Waals surface area contributed by atoms with Crippen molar-refractivity contribution in [1.82, 2.24) is 0 Å². The highest BCUT2D eigenvalue weighted by molar-refractivity contribution is 6.21. The van der Waals surface area contributed by atoms with Crippen molar-refractivity contribution in [3.63, 3.8) is 0 Å². The molecule has 0 bridgehead atoms. The molecule has 1 saturated carbocycles. The van der Waals surface area contributed by atoms with Crippen molar-refractivity contribution >= 4 is 20.5 Å². The summed E-state index contributed by atoms with van der Waals surface area (Å²) in [4.78, 5) is 0. The Labute approximate surface area is 57.9 Å². The van der Waals surface area contributed by atoms with Gasteiger partial charge >= 0.3 is 0 Å². The van der Waals surface area contributed by atoms with E-state index in [4.69, 9.17) is 0 Å². The Kier molecular flexibility index (Phi) is 2.32. The van der Waals surface area contributed by atoms with Crippen LogP contribution in [-0.4, -0.2) is 20.5 Å².